The van der Waals surface area contributed by atoms with Crippen molar-refractivity contribution < 1.29 is 0 Å². The number of hydrogen-bond donors (Lipinski definition) is 0. The second kappa shape index (κ2) is 7.75. The molecule has 1 aromatic carbocycles. The summed E-state index contributed by atoms with van der Waals surface area (Å²) in [6, 6.07) is 16.3. The zero-order valence-electron chi connectivity index (χ0n) is 13.3. The first-order valence-corrected chi connectivity index (χ1v) is 8.66. The summed E-state index contributed by atoms with van der Waals surface area (Å²) in [6.07, 6.45) is 3.53. The molecule has 0 aliphatic heterocycles. The molecule has 2 aromatic heterocycles. The predicted octanol–water partition coefficient (Wildman–Crippen LogP) is 3.64. The van der Waals surface area contributed by atoms with Crippen molar-refractivity contribution in [2.24, 2.45) is 5.92 Å². The summed E-state index contributed by atoms with van der Waals surface area (Å²) >= 11 is 1.56. The van der Waals surface area contributed by atoms with Crippen LogP contribution in [0.1, 0.15) is 12.5 Å². The van der Waals surface area contributed by atoms with Gasteiger partial charge in [-0.25, -0.2) is 0 Å². The van der Waals surface area contributed by atoms with Gasteiger partial charge in [-0.3, -0.25) is 9.55 Å². The first kappa shape index (κ1) is 16.2. The number of nitriles is 1. The van der Waals surface area contributed by atoms with E-state index in [-0.39, 0.29) is 5.92 Å². The molecule has 0 saturated heterocycles. The van der Waals surface area contributed by atoms with Crippen molar-refractivity contribution in [1.82, 2.24) is 19.7 Å². The van der Waals surface area contributed by atoms with Crippen LogP contribution in [-0.4, -0.2) is 25.5 Å². The van der Waals surface area contributed by atoms with Gasteiger partial charge in [0.2, 0.25) is 0 Å². The molecule has 1 atom stereocenters. The Hall–Kier alpha value is -2.65. The Morgan fingerprint density at radius 3 is 2.71 bits per heavy atom. The molecule has 0 fully saturated rings. The minimum absolute atomic E-state index is 0.0290. The monoisotopic (exact) mass is 335 g/mol. The van der Waals surface area contributed by atoms with Crippen LogP contribution in [0.2, 0.25) is 0 Å². The number of nitrogens with zero attached hydrogens (tertiary/aromatic N) is 5. The Morgan fingerprint density at radius 1 is 1.17 bits per heavy atom. The molecule has 5 nitrogen and oxygen atoms in total. The van der Waals surface area contributed by atoms with Gasteiger partial charge in [0.25, 0.3) is 0 Å². The summed E-state index contributed by atoms with van der Waals surface area (Å²) < 4.78 is 2.08. The molecule has 3 aromatic rings. The van der Waals surface area contributed by atoms with Crippen molar-refractivity contribution in [3.05, 3.63) is 60.4 Å². The third-order valence-electron chi connectivity index (χ3n) is 3.50. The highest BCUT2D eigenvalue weighted by molar-refractivity contribution is 7.99. The molecular weight excluding hydrogens is 318 g/mol. The maximum Gasteiger partial charge on any atom is 0.191 e. The van der Waals surface area contributed by atoms with Gasteiger partial charge in [-0.2, -0.15) is 5.26 Å². The highest BCUT2D eigenvalue weighted by atomic mass is 32.2. The van der Waals surface area contributed by atoms with E-state index in [4.69, 9.17) is 5.26 Å². The Balaban J connectivity index is 1.94. The summed E-state index contributed by atoms with van der Waals surface area (Å²) in [5, 5.41) is 18.5. The SMILES string of the molecule is C[C@@H](C#N)CSc1nnc(-c2cccnc2)n1Cc1ccccc1. The fraction of sp³-hybridized carbons (Fsp3) is 0.222. The molecule has 3 rings (SSSR count). The molecule has 0 amide bonds. The summed E-state index contributed by atoms with van der Waals surface area (Å²) in [5.74, 6) is 1.45. The van der Waals surface area contributed by atoms with Crippen molar-refractivity contribution in [2.75, 3.05) is 5.75 Å². The highest BCUT2D eigenvalue weighted by Crippen LogP contribution is 2.25. The highest BCUT2D eigenvalue weighted by Gasteiger charge is 2.15. The number of thioether (sulfide) groups is 1. The molecule has 0 aliphatic rings. The van der Waals surface area contributed by atoms with Gasteiger partial charge in [-0.1, -0.05) is 42.1 Å². The molecule has 24 heavy (non-hydrogen) atoms. The van der Waals surface area contributed by atoms with Crippen molar-refractivity contribution in [1.29, 1.82) is 5.26 Å². The van der Waals surface area contributed by atoms with Gasteiger partial charge in [0.05, 0.1) is 18.5 Å². The fourth-order valence-corrected chi connectivity index (χ4v) is 3.13. The molecular formula is C18H17N5S. The van der Waals surface area contributed by atoms with Crippen LogP contribution in [0.4, 0.5) is 0 Å². The van der Waals surface area contributed by atoms with Crippen molar-refractivity contribution in [2.45, 2.75) is 18.6 Å². The second-order valence-corrected chi connectivity index (χ2v) is 6.45. The summed E-state index contributed by atoms with van der Waals surface area (Å²) in [6.45, 7) is 2.59. The summed E-state index contributed by atoms with van der Waals surface area (Å²) in [4.78, 5) is 4.17. The number of pyridine rings is 1. The largest absolute Gasteiger partial charge is 0.298 e. The molecule has 0 unspecified atom stereocenters. The minimum atomic E-state index is -0.0290. The minimum Gasteiger partial charge on any atom is -0.298 e. The predicted molar refractivity (Wildman–Crippen MR) is 94.3 cm³/mol. The van der Waals surface area contributed by atoms with Crippen LogP contribution in [0.25, 0.3) is 11.4 Å². The quantitative estimate of drug-likeness (QED) is 0.643. The standard InChI is InChI=1S/C18H17N5S/c1-14(10-19)13-24-18-22-21-17(16-8-5-9-20-11-16)23(18)12-15-6-3-2-4-7-15/h2-9,11,14H,12-13H2,1H3/t14-/m0/s1. The smallest absolute Gasteiger partial charge is 0.191 e. The maximum absolute atomic E-state index is 8.99. The second-order valence-electron chi connectivity index (χ2n) is 5.46. The molecule has 120 valence electrons. The Bertz CT molecular complexity index is 824. The number of benzene rings is 1. The van der Waals surface area contributed by atoms with Crippen LogP contribution >= 0.6 is 11.8 Å². The van der Waals surface area contributed by atoms with Gasteiger partial charge in [0.1, 0.15) is 0 Å². The van der Waals surface area contributed by atoms with Crippen molar-refractivity contribution in [3.63, 3.8) is 0 Å². The van der Waals surface area contributed by atoms with Crippen LogP contribution in [0.5, 0.6) is 0 Å². The lowest BCUT2D eigenvalue weighted by molar-refractivity contribution is 0.712. The van der Waals surface area contributed by atoms with E-state index < -0.39 is 0 Å². The maximum atomic E-state index is 8.99. The summed E-state index contributed by atoms with van der Waals surface area (Å²) in [7, 11) is 0. The average Bonchev–Trinajstić information content (AvgIpc) is 3.04. The van der Waals surface area contributed by atoms with E-state index in [1.54, 1.807) is 24.2 Å². The topological polar surface area (TPSA) is 67.4 Å². The van der Waals surface area contributed by atoms with E-state index in [0.29, 0.717) is 12.3 Å². The lowest BCUT2D eigenvalue weighted by Crippen LogP contribution is -2.05. The lowest BCUT2D eigenvalue weighted by Gasteiger charge is -2.10. The number of aromatic nitrogens is 4. The molecule has 6 heteroatoms. The molecule has 0 aliphatic carbocycles. The van der Waals surface area contributed by atoms with E-state index in [1.165, 1.54) is 5.56 Å². The molecule has 0 bridgehead atoms. The molecule has 0 N–H and O–H groups in total. The average molecular weight is 335 g/mol. The van der Waals surface area contributed by atoms with Gasteiger partial charge in [-0.05, 0) is 24.6 Å². The third kappa shape index (κ3) is 3.81. The van der Waals surface area contributed by atoms with Crippen molar-refractivity contribution >= 4 is 11.8 Å². The van der Waals surface area contributed by atoms with Crippen LogP contribution in [0.3, 0.4) is 0 Å². The van der Waals surface area contributed by atoms with Gasteiger partial charge in [0.15, 0.2) is 11.0 Å². The Labute approximate surface area is 145 Å². The third-order valence-corrected chi connectivity index (χ3v) is 4.73. The van der Waals surface area contributed by atoms with E-state index in [1.807, 2.05) is 37.3 Å². The van der Waals surface area contributed by atoms with Crippen LogP contribution in [0, 0.1) is 17.2 Å². The van der Waals surface area contributed by atoms with E-state index in [0.717, 1.165) is 16.5 Å². The van der Waals surface area contributed by atoms with Crippen LogP contribution < -0.4 is 0 Å². The zero-order chi connectivity index (χ0) is 16.8. The van der Waals surface area contributed by atoms with E-state index >= 15 is 0 Å². The fourth-order valence-electron chi connectivity index (χ4n) is 2.25. The first-order valence-electron chi connectivity index (χ1n) is 7.68. The summed E-state index contributed by atoms with van der Waals surface area (Å²) in [5.41, 5.74) is 2.11. The molecule has 0 radical (unpaired) electrons. The van der Waals surface area contributed by atoms with Gasteiger partial charge < -0.3 is 0 Å². The Morgan fingerprint density at radius 2 is 2.00 bits per heavy atom. The van der Waals surface area contributed by atoms with Crippen LogP contribution in [-0.2, 0) is 6.54 Å². The number of hydrogen-bond acceptors (Lipinski definition) is 5. The van der Waals surface area contributed by atoms with Gasteiger partial charge in [0, 0.05) is 23.7 Å². The molecule has 0 spiro atoms. The van der Waals surface area contributed by atoms with Gasteiger partial charge in [-0.15, -0.1) is 10.2 Å². The zero-order valence-corrected chi connectivity index (χ0v) is 14.1. The molecule has 0 saturated carbocycles. The normalized spacial score (nSPS) is 11.8. The molecule has 2 heterocycles. The first-order chi connectivity index (χ1) is 11.8. The lowest BCUT2D eigenvalue weighted by atomic mass is 10.2. The Kier molecular flexibility index (Phi) is 5.24. The van der Waals surface area contributed by atoms with Crippen molar-refractivity contribution in [3.8, 4) is 17.5 Å². The van der Waals surface area contributed by atoms with E-state index in [2.05, 4.69) is 38.0 Å². The number of rotatable bonds is 6. The van der Waals surface area contributed by atoms with Crippen LogP contribution in [0.15, 0.2) is 60.0 Å². The van der Waals surface area contributed by atoms with E-state index in [9.17, 15) is 0 Å². The van der Waals surface area contributed by atoms with Gasteiger partial charge >= 0.3 is 0 Å².